The predicted octanol–water partition coefficient (Wildman–Crippen LogP) is 2.78. The van der Waals surface area contributed by atoms with Crippen molar-refractivity contribution < 1.29 is 9.84 Å². The molecule has 0 aromatic rings. The van der Waals surface area contributed by atoms with Crippen molar-refractivity contribution in [3.05, 3.63) is 0 Å². The van der Waals surface area contributed by atoms with Gasteiger partial charge in [-0.2, -0.15) is 5.26 Å². The number of unbranched alkanes of at least 4 members (excludes halogenated alkanes) is 2. The Bertz CT molecular complexity index is 321. The number of fused-ring (bicyclic) bond motifs is 2. The molecule has 1 N–H and O–H groups in total. The third-order valence-electron chi connectivity index (χ3n) is 4.63. The molecule has 0 aliphatic carbocycles. The molecule has 2 bridgehead atoms. The summed E-state index contributed by atoms with van der Waals surface area (Å²) in [5, 5.41) is 20.3. The molecule has 2 heterocycles. The molecule has 0 amide bonds. The highest BCUT2D eigenvalue weighted by atomic mass is 16.5. The van der Waals surface area contributed by atoms with Crippen LogP contribution >= 0.6 is 0 Å². The van der Waals surface area contributed by atoms with Crippen LogP contribution in [0.5, 0.6) is 0 Å². The van der Waals surface area contributed by atoms with Crippen molar-refractivity contribution in [2.24, 2.45) is 5.41 Å². The standard InChI is InChI=1S/C14H23NO2/c1-3-4-5-8-13(2,16)14(10-15)9-11-6-7-12(14)17-11/h11-12,16H,3-9H2,1-2H3. The Kier molecular flexibility index (Phi) is 3.47. The van der Waals surface area contributed by atoms with Crippen LogP contribution in [-0.4, -0.2) is 22.9 Å². The zero-order valence-corrected chi connectivity index (χ0v) is 10.9. The molecule has 3 heteroatoms. The third kappa shape index (κ3) is 1.98. The summed E-state index contributed by atoms with van der Waals surface area (Å²) in [6, 6.07) is 2.40. The Hall–Kier alpha value is -0.590. The molecule has 0 radical (unpaired) electrons. The van der Waals surface area contributed by atoms with Crippen molar-refractivity contribution >= 4 is 0 Å². The molecule has 2 aliphatic rings. The van der Waals surface area contributed by atoms with Gasteiger partial charge in [-0.05, 0) is 32.6 Å². The summed E-state index contributed by atoms with van der Waals surface area (Å²) in [5.41, 5.74) is -1.57. The lowest BCUT2D eigenvalue weighted by atomic mass is 9.63. The normalized spacial score (nSPS) is 38.9. The van der Waals surface area contributed by atoms with Gasteiger partial charge in [0.15, 0.2) is 0 Å². The van der Waals surface area contributed by atoms with Crippen molar-refractivity contribution in [1.29, 1.82) is 5.26 Å². The maximum atomic E-state index is 10.7. The highest BCUT2D eigenvalue weighted by molar-refractivity contribution is 5.19. The first-order valence-corrected chi connectivity index (χ1v) is 6.85. The third-order valence-corrected chi connectivity index (χ3v) is 4.63. The fraction of sp³-hybridized carbons (Fsp3) is 0.929. The van der Waals surface area contributed by atoms with Gasteiger partial charge in [0.1, 0.15) is 5.41 Å². The number of aliphatic hydroxyl groups is 1. The molecular weight excluding hydrogens is 214 g/mol. The Labute approximate surface area is 104 Å². The maximum Gasteiger partial charge on any atom is 0.114 e. The van der Waals surface area contributed by atoms with Crippen LogP contribution in [0.25, 0.3) is 0 Å². The first-order valence-electron chi connectivity index (χ1n) is 6.85. The second-order valence-corrected chi connectivity index (χ2v) is 5.84. The van der Waals surface area contributed by atoms with Crippen LogP contribution < -0.4 is 0 Å². The summed E-state index contributed by atoms with van der Waals surface area (Å²) >= 11 is 0. The summed E-state index contributed by atoms with van der Waals surface area (Å²) in [6.45, 7) is 3.98. The fourth-order valence-electron chi connectivity index (χ4n) is 3.46. The first-order chi connectivity index (χ1) is 8.05. The molecule has 2 rings (SSSR count). The van der Waals surface area contributed by atoms with E-state index in [9.17, 15) is 10.4 Å². The summed E-state index contributed by atoms with van der Waals surface area (Å²) in [5.74, 6) is 0. The second kappa shape index (κ2) is 4.59. The number of nitrogens with zero attached hydrogens (tertiary/aromatic N) is 1. The summed E-state index contributed by atoms with van der Waals surface area (Å²) in [4.78, 5) is 0. The number of rotatable bonds is 5. The van der Waals surface area contributed by atoms with Gasteiger partial charge in [0, 0.05) is 0 Å². The van der Waals surface area contributed by atoms with Crippen LogP contribution in [-0.2, 0) is 4.74 Å². The van der Waals surface area contributed by atoms with Crippen molar-refractivity contribution in [3.8, 4) is 6.07 Å². The van der Waals surface area contributed by atoms with Gasteiger partial charge in [0.05, 0.1) is 23.9 Å². The molecular formula is C14H23NO2. The molecule has 0 aromatic heterocycles. The van der Waals surface area contributed by atoms with E-state index in [1.807, 2.05) is 6.92 Å². The highest BCUT2D eigenvalue weighted by Crippen LogP contribution is 2.54. The van der Waals surface area contributed by atoms with Crippen LogP contribution in [0.3, 0.4) is 0 Å². The van der Waals surface area contributed by atoms with Crippen LogP contribution in [0.15, 0.2) is 0 Å². The highest BCUT2D eigenvalue weighted by Gasteiger charge is 2.61. The van der Waals surface area contributed by atoms with Crippen molar-refractivity contribution in [1.82, 2.24) is 0 Å². The minimum atomic E-state index is -0.906. The summed E-state index contributed by atoms with van der Waals surface area (Å²) < 4.78 is 5.79. The molecule has 2 aliphatic heterocycles. The smallest absolute Gasteiger partial charge is 0.114 e. The average Bonchev–Trinajstić information content (AvgIpc) is 2.89. The van der Waals surface area contributed by atoms with Gasteiger partial charge in [-0.1, -0.05) is 26.2 Å². The SMILES string of the molecule is CCCCCC(C)(O)C1(C#N)CC2CCC1O2. The monoisotopic (exact) mass is 237 g/mol. The van der Waals surface area contributed by atoms with Gasteiger partial charge >= 0.3 is 0 Å². The molecule has 0 saturated carbocycles. The average molecular weight is 237 g/mol. The zero-order chi connectivity index (χ0) is 12.5. The van der Waals surface area contributed by atoms with E-state index in [0.717, 1.165) is 32.1 Å². The lowest BCUT2D eigenvalue weighted by Crippen LogP contribution is -2.51. The fourth-order valence-corrected chi connectivity index (χ4v) is 3.46. The molecule has 2 fully saturated rings. The Morgan fingerprint density at radius 2 is 2.24 bits per heavy atom. The molecule has 0 aromatic carbocycles. The lowest BCUT2D eigenvalue weighted by Gasteiger charge is -2.41. The van der Waals surface area contributed by atoms with Crippen molar-refractivity contribution in [2.45, 2.75) is 76.6 Å². The summed E-state index contributed by atoms with van der Waals surface area (Å²) in [6.07, 6.45) is 6.82. The van der Waals surface area contributed by atoms with E-state index in [4.69, 9.17) is 4.74 Å². The van der Waals surface area contributed by atoms with Crippen LogP contribution in [0.1, 0.15) is 58.8 Å². The predicted molar refractivity (Wildman–Crippen MR) is 65.3 cm³/mol. The molecule has 96 valence electrons. The van der Waals surface area contributed by atoms with E-state index in [0.29, 0.717) is 12.8 Å². The zero-order valence-electron chi connectivity index (χ0n) is 10.9. The largest absolute Gasteiger partial charge is 0.388 e. The Morgan fingerprint density at radius 3 is 2.71 bits per heavy atom. The minimum Gasteiger partial charge on any atom is -0.388 e. The quantitative estimate of drug-likeness (QED) is 0.748. The van der Waals surface area contributed by atoms with Crippen LogP contribution in [0.4, 0.5) is 0 Å². The topological polar surface area (TPSA) is 53.2 Å². The van der Waals surface area contributed by atoms with Crippen molar-refractivity contribution in [3.63, 3.8) is 0 Å². The lowest BCUT2D eigenvalue weighted by molar-refractivity contribution is -0.0782. The minimum absolute atomic E-state index is 0.0471. The van der Waals surface area contributed by atoms with E-state index in [1.54, 1.807) is 0 Å². The second-order valence-electron chi connectivity index (χ2n) is 5.84. The van der Waals surface area contributed by atoms with Gasteiger partial charge in [-0.15, -0.1) is 0 Å². The Morgan fingerprint density at radius 1 is 1.47 bits per heavy atom. The number of nitriles is 1. The van der Waals surface area contributed by atoms with Crippen molar-refractivity contribution in [2.75, 3.05) is 0 Å². The van der Waals surface area contributed by atoms with Gasteiger partial charge in [0.2, 0.25) is 0 Å². The number of hydrogen-bond donors (Lipinski definition) is 1. The van der Waals surface area contributed by atoms with E-state index in [-0.39, 0.29) is 12.2 Å². The van der Waals surface area contributed by atoms with E-state index >= 15 is 0 Å². The van der Waals surface area contributed by atoms with Gasteiger partial charge in [-0.3, -0.25) is 0 Å². The van der Waals surface area contributed by atoms with E-state index in [2.05, 4.69) is 13.0 Å². The molecule has 4 atom stereocenters. The summed E-state index contributed by atoms with van der Waals surface area (Å²) in [7, 11) is 0. The van der Waals surface area contributed by atoms with E-state index < -0.39 is 11.0 Å². The number of hydrogen-bond acceptors (Lipinski definition) is 3. The van der Waals surface area contributed by atoms with Gasteiger partial charge in [0.25, 0.3) is 0 Å². The molecule has 0 spiro atoms. The van der Waals surface area contributed by atoms with Crippen LogP contribution in [0.2, 0.25) is 0 Å². The Balaban J connectivity index is 2.10. The van der Waals surface area contributed by atoms with Gasteiger partial charge < -0.3 is 9.84 Å². The first kappa shape index (κ1) is 12.9. The molecule has 3 nitrogen and oxygen atoms in total. The van der Waals surface area contributed by atoms with Crippen LogP contribution in [0, 0.1) is 16.7 Å². The van der Waals surface area contributed by atoms with E-state index in [1.165, 1.54) is 0 Å². The molecule has 17 heavy (non-hydrogen) atoms. The molecule has 4 unspecified atom stereocenters. The maximum absolute atomic E-state index is 10.7. The molecule has 2 saturated heterocycles. The number of ether oxygens (including phenoxy) is 1. The van der Waals surface area contributed by atoms with Gasteiger partial charge in [-0.25, -0.2) is 0 Å².